The van der Waals surface area contributed by atoms with Gasteiger partial charge in [0.25, 0.3) is 6.43 Å². The molecule has 1 rings (SSSR count). The minimum absolute atomic E-state index is 0.135. The van der Waals surface area contributed by atoms with Crippen LogP contribution in [0.15, 0.2) is 6.07 Å². The Morgan fingerprint density at radius 2 is 2.14 bits per heavy atom. The standard InChI is InChI=1S/C8H4F2I2N2/c9-8(10)7-6(12)4(1-2-13)3-5(11)14-7/h3,8H,1H2. The predicted molar refractivity (Wildman–Crippen MR) is 63.9 cm³/mol. The Kier molecular flexibility index (Phi) is 4.43. The molecule has 0 unspecified atom stereocenters. The van der Waals surface area contributed by atoms with Gasteiger partial charge in [-0.3, -0.25) is 0 Å². The number of halogens is 4. The number of nitrogens with zero attached hydrogens (tertiary/aromatic N) is 2. The van der Waals surface area contributed by atoms with Crippen molar-refractivity contribution in [2.45, 2.75) is 12.8 Å². The molecule has 1 heterocycles. The maximum absolute atomic E-state index is 12.5. The summed E-state index contributed by atoms with van der Waals surface area (Å²) in [6.45, 7) is 0. The Labute approximate surface area is 107 Å². The van der Waals surface area contributed by atoms with Gasteiger partial charge in [0.1, 0.15) is 9.39 Å². The Balaban J connectivity index is 3.26. The summed E-state index contributed by atoms with van der Waals surface area (Å²) in [5.74, 6) is 0. The summed E-state index contributed by atoms with van der Waals surface area (Å²) in [5, 5.41) is 8.50. The van der Waals surface area contributed by atoms with E-state index in [-0.39, 0.29) is 12.1 Å². The lowest BCUT2D eigenvalue weighted by Gasteiger charge is -2.06. The molecule has 0 aliphatic heterocycles. The Bertz CT molecular complexity index is 388. The van der Waals surface area contributed by atoms with E-state index in [4.69, 9.17) is 5.26 Å². The fourth-order valence-corrected chi connectivity index (χ4v) is 2.26. The third-order valence-electron chi connectivity index (χ3n) is 1.50. The van der Waals surface area contributed by atoms with E-state index in [0.29, 0.717) is 12.8 Å². The van der Waals surface area contributed by atoms with E-state index in [2.05, 4.69) is 4.98 Å². The fraction of sp³-hybridized carbons (Fsp3) is 0.250. The number of pyridine rings is 1. The smallest absolute Gasteiger partial charge is 0.240 e. The average molecular weight is 420 g/mol. The minimum Gasteiger partial charge on any atom is -0.240 e. The molecular formula is C8H4F2I2N2. The lowest BCUT2D eigenvalue weighted by atomic mass is 10.2. The molecule has 6 heteroatoms. The highest BCUT2D eigenvalue weighted by Crippen LogP contribution is 2.26. The second-order valence-corrected chi connectivity index (χ2v) is 4.62. The van der Waals surface area contributed by atoms with Gasteiger partial charge in [0.05, 0.1) is 12.5 Å². The van der Waals surface area contributed by atoms with Crippen LogP contribution in [-0.4, -0.2) is 4.98 Å². The second-order valence-electron chi connectivity index (χ2n) is 2.44. The number of rotatable bonds is 2. The summed E-state index contributed by atoms with van der Waals surface area (Å²) in [4.78, 5) is 3.73. The van der Waals surface area contributed by atoms with Gasteiger partial charge in [-0.15, -0.1) is 0 Å². The summed E-state index contributed by atoms with van der Waals surface area (Å²) in [6, 6.07) is 3.59. The fourth-order valence-electron chi connectivity index (χ4n) is 0.926. The van der Waals surface area contributed by atoms with Gasteiger partial charge >= 0.3 is 0 Å². The van der Waals surface area contributed by atoms with Crippen LogP contribution < -0.4 is 0 Å². The first kappa shape index (κ1) is 12.0. The van der Waals surface area contributed by atoms with Gasteiger partial charge in [0.15, 0.2) is 0 Å². The van der Waals surface area contributed by atoms with Crippen LogP contribution in [0.5, 0.6) is 0 Å². The van der Waals surface area contributed by atoms with Crippen molar-refractivity contribution in [1.82, 2.24) is 4.98 Å². The molecule has 0 atom stereocenters. The molecule has 0 aliphatic rings. The number of aromatic nitrogens is 1. The topological polar surface area (TPSA) is 36.7 Å². The van der Waals surface area contributed by atoms with Crippen molar-refractivity contribution in [2.24, 2.45) is 0 Å². The Morgan fingerprint density at radius 3 is 2.64 bits per heavy atom. The van der Waals surface area contributed by atoms with E-state index in [1.807, 2.05) is 28.7 Å². The predicted octanol–water partition coefficient (Wildman–Crippen LogP) is 3.29. The third-order valence-corrected chi connectivity index (χ3v) is 3.30. The summed E-state index contributed by atoms with van der Waals surface area (Å²) in [7, 11) is 0. The van der Waals surface area contributed by atoms with Crippen LogP contribution in [0.1, 0.15) is 17.7 Å². The van der Waals surface area contributed by atoms with Crippen LogP contribution in [0.25, 0.3) is 0 Å². The van der Waals surface area contributed by atoms with Gasteiger partial charge in [-0.25, -0.2) is 13.8 Å². The van der Waals surface area contributed by atoms with Crippen molar-refractivity contribution >= 4 is 45.2 Å². The summed E-state index contributed by atoms with van der Waals surface area (Å²) in [6.07, 6.45) is -2.45. The maximum Gasteiger partial charge on any atom is 0.281 e. The van der Waals surface area contributed by atoms with E-state index in [9.17, 15) is 8.78 Å². The first-order valence-corrected chi connectivity index (χ1v) is 5.72. The van der Waals surface area contributed by atoms with Crippen molar-refractivity contribution < 1.29 is 8.78 Å². The van der Waals surface area contributed by atoms with Gasteiger partial charge < -0.3 is 0 Å². The largest absolute Gasteiger partial charge is 0.281 e. The van der Waals surface area contributed by atoms with Gasteiger partial charge in [-0.05, 0) is 56.8 Å². The van der Waals surface area contributed by atoms with E-state index >= 15 is 0 Å². The van der Waals surface area contributed by atoms with Crippen LogP contribution >= 0.6 is 45.2 Å². The minimum atomic E-state index is -2.59. The molecule has 0 spiro atoms. The normalized spacial score (nSPS) is 10.3. The third kappa shape index (κ3) is 2.73. The molecule has 0 amide bonds. The first-order chi connectivity index (χ1) is 6.56. The molecule has 0 fully saturated rings. The second kappa shape index (κ2) is 5.16. The highest BCUT2D eigenvalue weighted by Gasteiger charge is 2.17. The SMILES string of the molecule is N#CCc1cc(I)nc(C(F)F)c1I. The molecule has 0 saturated carbocycles. The van der Waals surface area contributed by atoms with E-state index in [0.717, 1.165) is 0 Å². The zero-order valence-electron chi connectivity index (χ0n) is 6.77. The average Bonchev–Trinajstić information content (AvgIpc) is 2.10. The first-order valence-electron chi connectivity index (χ1n) is 3.56. The van der Waals surface area contributed by atoms with Crippen LogP contribution in [0.3, 0.4) is 0 Å². The van der Waals surface area contributed by atoms with Crippen molar-refractivity contribution in [3.05, 3.63) is 24.6 Å². The lowest BCUT2D eigenvalue weighted by Crippen LogP contribution is -2.01. The highest BCUT2D eigenvalue weighted by atomic mass is 127. The van der Waals surface area contributed by atoms with E-state index in [1.165, 1.54) is 0 Å². The van der Waals surface area contributed by atoms with Crippen molar-refractivity contribution in [1.29, 1.82) is 5.26 Å². The number of alkyl halides is 2. The Hall–Kier alpha value is -0.0400. The Morgan fingerprint density at radius 1 is 1.50 bits per heavy atom. The maximum atomic E-state index is 12.5. The van der Waals surface area contributed by atoms with Crippen LogP contribution in [-0.2, 0) is 6.42 Å². The number of hydrogen-bond donors (Lipinski definition) is 0. The van der Waals surface area contributed by atoms with E-state index in [1.54, 1.807) is 28.7 Å². The van der Waals surface area contributed by atoms with Crippen molar-refractivity contribution in [3.63, 3.8) is 0 Å². The molecule has 1 aromatic heterocycles. The molecule has 0 bridgehead atoms. The molecule has 0 aromatic carbocycles. The van der Waals surface area contributed by atoms with Gasteiger partial charge in [0.2, 0.25) is 0 Å². The molecule has 0 radical (unpaired) electrons. The number of hydrogen-bond acceptors (Lipinski definition) is 2. The van der Waals surface area contributed by atoms with Gasteiger partial charge in [0, 0.05) is 3.57 Å². The summed E-state index contributed by atoms with van der Waals surface area (Å²) in [5.41, 5.74) is 0.380. The zero-order chi connectivity index (χ0) is 10.7. The van der Waals surface area contributed by atoms with Gasteiger partial charge in [-0.2, -0.15) is 5.26 Å². The molecule has 74 valence electrons. The zero-order valence-corrected chi connectivity index (χ0v) is 11.1. The molecular weight excluding hydrogens is 416 g/mol. The lowest BCUT2D eigenvalue weighted by molar-refractivity contribution is 0.144. The molecule has 2 nitrogen and oxygen atoms in total. The molecule has 1 aromatic rings. The summed E-state index contributed by atoms with van der Waals surface area (Å²) >= 11 is 3.66. The number of nitriles is 1. The van der Waals surface area contributed by atoms with Gasteiger partial charge in [-0.1, -0.05) is 0 Å². The molecule has 0 N–H and O–H groups in total. The van der Waals surface area contributed by atoms with Crippen LogP contribution in [0, 0.1) is 18.6 Å². The van der Waals surface area contributed by atoms with E-state index < -0.39 is 6.43 Å². The van der Waals surface area contributed by atoms with Crippen molar-refractivity contribution in [3.8, 4) is 6.07 Å². The molecule has 14 heavy (non-hydrogen) atoms. The van der Waals surface area contributed by atoms with Crippen molar-refractivity contribution in [2.75, 3.05) is 0 Å². The molecule has 0 saturated heterocycles. The monoisotopic (exact) mass is 420 g/mol. The quantitative estimate of drug-likeness (QED) is 0.544. The summed E-state index contributed by atoms with van der Waals surface area (Å²) < 4.78 is 25.8. The van der Waals surface area contributed by atoms with Crippen LogP contribution in [0.4, 0.5) is 8.78 Å². The molecule has 0 aliphatic carbocycles. The van der Waals surface area contributed by atoms with Crippen LogP contribution in [0.2, 0.25) is 0 Å². The highest BCUT2D eigenvalue weighted by molar-refractivity contribution is 14.1.